The van der Waals surface area contributed by atoms with E-state index in [2.05, 4.69) is 30.9 Å². The zero-order chi connectivity index (χ0) is 11.4. The number of aliphatic hydroxyl groups excluding tert-OH is 1. The first kappa shape index (κ1) is 11.2. The zero-order valence-corrected chi connectivity index (χ0v) is 9.44. The second kappa shape index (κ2) is 5.16. The zero-order valence-electron chi connectivity index (χ0n) is 9.44. The van der Waals surface area contributed by atoms with Gasteiger partial charge < -0.3 is 9.84 Å². The summed E-state index contributed by atoms with van der Waals surface area (Å²) in [7, 11) is 0. The van der Waals surface area contributed by atoms with Crippen LogP contribution in [0, 0.1) is 18.8 Å². The Bertz CT molecular complexity index is 397. The van der Waals surface area contributed by atoms with E-state index in [9.17, 15) is 0 Å². The minimum Gasteiger partial charge on any atom is -0.396 e. The molecule has 0 aliphatic carbocycles. The Labute approximate surface area is 96.3 Å². The third-order valence-electron chi connectivity index (χ3n) is 2.64. The maximum absolute atomic E-state index is 8.67. The number of epoxide rings is 1. The number of hydrogen-bond acceptors (Lipinski definition) is 2. The van der Waals surface area contributed by atoms with Crippen molar-refractivity contribution in [3.63, 3.8) is 0 Å². The van der Waals surface area contributed by atoms with Gasteiger partial charge in [0.2, 0.25) is 0 Å². The van der Waals surface area contributed by atoms with Gasteiger partial charge in [0.15, 0.2) is 0 Å². The third-order valence-corrected chi connectivity index (χ3v) is 2.64. The van der Waals surface area contributed by atoms with Gasteiger partial charge in [-0.1, -0.05) is 29.5 Å². The minimum absolute atomic E-state index is 0.0767. The summed E-state index contributed by atoms with van der Waals surface area (Å²) in [5.41, 5.74) is 2.27. The van der Waals surface area contributed by atoms with Crippen molar-refractivity contribution in [2.75, 3.05) is 6.61 Å². The first-order valence-corrected chi connectivity index (χ1v) is 5.64. The molecule has 2 atom stereocenters. The second-order valence-corrected chi connectivity index (χ2v) is 4.10. The molecular formula is C14H16O2. The largest absolute Gasteiger partial charge is 0.396 e. The molecule has 2 rings (SSSR count). The molecule has 0 aromatic heterocycles. The number of ether oxygens (including phenoxy) is 1. The Morgan fingerprint density at radius 1 is 1.31 bits per heavy atom. The van der Waals surface area contributed by atoms with Gasteiger partial charge in [-0.05, 0) is 31.9 Å². The quantitative estimate of drug-likeness (QED) is 0.618. The van der Waals surface area contributed by atoms with E-state index in [1.54, 1.807) is 0 Å². The van der Waals surface area contributed by atoms with Crippen LogP contribution < -0.4 is 0 Å². The Morgan fingerprint density at radius 2 is 2.06 bits per heavy atom. The normalized spacial score (nSPS) is 22.4. The fourth-order valence-corrected chi connectivity index (χ4v) is 1.57. The molecule has 1 fully saturated rings. The Balaban J connectivity index is 1.85. The highest BCUT2D eigenvalue weighted by Gasteiger charge is 2.36. The summed E-state index contributed by atoms with van der Waals surface area (Å²) in [6.07, 6.45) is 2.02. The van der Waals surface area contributed by atoms with Gasteiger partial charge in [0.25, 0.3) is 0 Å². The number of aryl methyl sites for hydroxylation is 1. The lowest BCUT2D eigenvalue weighted by Gasteiger charge is -1.91. The van der Waals surface area contributed by atoms with Crippen LogP contribution in [-0.2, 0) is 4.74 Å². The molecule has 0 radical (unpaired) electrons. The summed E-state index contributed by atoms with van der Waals surface area (Å²) in [5, 5.41) is 8.67. The average Bonchev–Trinajstić information content (AvgIpc) is 3.04. The molecule has 2 nitrogen and oxygen atoms in total. The Morgan fingerprint density at radius 3 is 2.75 bits per heavy atom. The van der Waals surface area contributed by atoms with Gasteiger partial charge in [0, 0.05) is 12.2 Å². The van der Waals surface area contributed by atoms with E-state index < -0.39 is 0 Å². The van der Waals surface area contributed by atoms with Crippen LogP contribution in [0.25, 0.3) is 0 Å². The van der Waals surface area contributed by atoms with E-state index in [1.807, 2.05) is 12.1 Å². The summed E-state index contributed by atoms with van der Waals surface area (Å²) in [5.74, 6) is 6.20. The monoisotopic (exact) mass is 216 g/mol. The van der Waals surface area contributed by atoms with E-state index >= 15 is 0 Å². The molecule has 1 N–H and O–H groups in total. The van der Waals surface area contributed by atoms with E-state index in [1.165, 1.54) is 5.56 Å². The van der Waals surface area contributed by atoms with Crippen molar-refractivity contribution in [3.8, 4) is 11.8 Å². The second-order valence-electron chi connectivity index (χ2n) is 4.10. The maximum Gasteiger partial charge on any atom is 0.145 e. The molecule has 16 heavy (non-hydrogen) atoms. The lowest BCUT2D eigenvalue weighted by molar-refractivity contribution is 0.273. The van der Waals surface area contributed by atoms with E-state index in [0.29, 0.717) is 0 Å². The molecule has 84 valence electrons. The average molecular weight is 216 g/mol. The van der Waals surface area contributed by atoms with Crippen LogP contribution >= 0.6 is 0 Å². The molecule has 1 heterocycles. The molecular weight excluding hydrogens is 200 g/mol. The summed E-state index contributed by atoms with van der Waals surface area (Å²) >= 11 is 0. The molecule has 0 amide bonds. The van der Waals surface area contributed by atoms with E-state index in [0.717, 1.165) is 18.4 Å². The molecule has 0 bridgehead atoms. The van der Waals surface area contributed by atoms with Crippen molar-refractivity contribution in [1.82, 2.24) is 0 Å². The van der Waals surface area contributed by atoms with E-state index in [-0.39, 0.29) is 18.8 Å². The van der Waals surface area contributed by atoms with Crippen molar-refractivity contribution < 1.29 is 9.84 Å². The predicted octanol–water partition coefficient (Wildman–Crippen LogP) is 1.89. The highest BCUT2D eigenvalue weighted by atomic mass is 16.6. The van der Waals surface area contributed by atoms with Gasteiger partial charge in [0.05, 0.1) is 6.10 Å². The van der Waals surface area contributed by atoms with Crippen LogP contribution in [0.1, 0.15) is 24.0 Å². The van der Waals surface area contributed by atoms with Crippen molar-refractivity contribution >= 4 is 0 Å². The van der Waals surface area contributed by atoms with Crippen molar-refractivity contribution in [1.29, 1.82) is 0 Å². The molecule has 0 saturated carbocycles. The number of hydrogen-bond donors (Lipinski definition) is 1. The smallest absolute Gasteiger partial charge is 0.145 e. The first-order valence-electron chi connectivity index (χ1n) is 5.64. The topological polar surface area (TPSA) is 32.8 Å². The van der Waals surface area contributed by atoms with Crippen LogP contribution in [-0.4, -0.2) is 23.9 Å². The minimum atomic E-state index is 0.0767. The van der Waals surface area contributed by atoms with Crippen LogP contribution in [0.5, 0.6) is 0 Å². The molecule has 2 heteroatoms. The van der Waals surface area contributed by atoms with Crippen molar-refractivity contribution in [2.24, 2.45) is 0 Å². The highest BCUT2D eigenvalue weighted by Crippen LogP contribution is 2.25. The van der Waals surface area contributed by atoms with Crippen LogP contribution in [0.4, 0.5) is 0 Å². The molecule has 1 saturated heterocycles. The predicted molar refractivity (Wildman–Crippen MR) is 63.0 cm³/mol. The Hall–Kier alpha value is -1.30. The number of rotatable bonds is 3. The van der Waals surface area contributed by atoms with Crippen LogP contribution in [0.3, 0.4) is 0 Å². The molecule has 0 unspecified atom stereocenters. The lowest BCUT2D eigenvalue weighted by atomic mass is 10.1. The van der Waals surface area contributed by atoms with Gasteiger partial charge in [-0.3, -0.25) is 0 Å². The van der Waals surface area contributed by atoms with Gasteiger partial charge in [-0.2, -0.15) is 0 Å². The summed E-state index contributed by atoms with van der Waals surface area (Å²) in [6.45, 7) is 2.30. The maximum atomic E-state index is 8.67. The lowest BCUT2D eigenvalue weighted by Crippen LogP contribution is -1.93. The van der Waals surface area contributed by atoms with Gasteiger partial charge in [0.1, 0.15) is 6.10 Å². The summed E-state index contributed by atoms with van der Waals surface area (Å²) in [6, 6.07) is 8.16. The van der Waals surface area contributed by atoms with Crippen LogP contribution in [0.15, 0.2) is 24.3 Å². The number of benzene rings is 1. The Kier molecular flexibility index (Phi) is 3.61. The van der Waals surface area contributed by atoms with Crippen molar-refractivity contribution in [2.45, 2.75) is 32.0 Å². The van der Waals surface area contributed by atoms with Crippen LogP contribution in [0.2, 0.25) is 0 Å². The molecule has 1 aromatic carbocycles. The third kappa shape index (κ3) is 3.10. The molecule has 1 aliphatic heterocycles. The molecule has 1 aromatic rings. The van der Waals surface area contributed by atoms with Gasteiger partial charge in [-0.25, -0.2) is 0 Å². The molecule has 1 aliphatic rings. The first-order chi connectivity index (χ1) is 7.79. The summed E-state index contributed by atoms with van der Waals surface area (Å²) in [4.78, 5) is 0. The fraction of sp³-hybridized carbons (Fsp3) is 0.429. The van der Waals surface area contributed by atoms with Gasteiger partial charge >= 0.3 is 0 Å². The van der Waals surface area contributed by atoms with Gasteiger partial charge in [-0.15, -0.1) is 0 Å². The van der Waals surface area contributed by atoms with Crippen molar-refractivity contribution in [3.05, 3.63) is 35.4 Å². The van der Waals surface area contributed by atoms with E-state index in [4.69, 9.17) is 9.84 Å². The fourth-order valence-electron chi connectivity index (χ4n) is 1.57. The summed E-state index contributed by atoms with van der Waals surface area (Å²) < 4.78 is 5.38. The highest BCUT2D eigenvalue weighted by molar-refractivity contribution is 5.37. The number of aliphatic hydroxyl groups is 1. The SMILES string of the molecule is Cc1ccc(C#C[C@@H]2O[C@@H]2CCCO)cc1. The molecule has 0 spiro atoms. The standard InChI is InChI=1S/C14H16O2/c1-11-4-6-12(7-5-11)8-9-14-13(16-14)3-2-10-15/h4-7,13-15H,2-3,10H2,1H3/t13-,14+/m1/s1.